The number of hydrazine groups is 1. The van der Waals surface area contributed by atoms with Gasteiger partial charge in [-0.2, -0.15) is 10.2 Å². The molecule has 9 nitrogen and oxygen atoms in total. The van der Waals surface area contributed by atoms with E-state index in [1.807, 2.05) is 42.5 Å². The fourth-order valence-electron chi connectivity index (χ4n) is 2.71. The van der Waals surface area contributed by atoms with Gasteiger partial charge in [-0.3, -0.25) is 25.5 Å². The summed E-state index contributed by atoms with van der Waals surface area (Å²) >= 11 is 0. The normalized spacial score (nSPS) is 10.5. The van der Waals surface area contributed by atoms with Crippen LogP contribution in [0.15, 0.2) is 73.3 Å². The van der Waals surface area contributed by atoms with E-state index in [1.165, 1.54) is 6.33 Å². The molecule has 0 fully saturated rings. The van der Waals surface area contributed by atoms with Gasteiger partial charge in [-0.25, -0.2) is 9.67 Å². The van der Waals surface area contributed by atoms with Crippen LogP contribution in [0.1, 0.15) is 26.4 Å². The van der Waals surface area contributed by atoms with Gasteiger partial charge in [0.2, 0.25) is 0 Å². The molecule has 0 radical (unpaired) electrons. The van der Waals surface area contributed by atoms with Gasteiger partial charge in [0.25, 0.3) is 11.8 Å². The summed E-state index contributed by atoms with van der Waals surface area (Å²) in [5, 5.41) is 10.8. The van der Waals surface area contributed by atoms with Gasteiger partial charge in [0.1, 0.15) is 18.3 Å². The third-order valence-corrected chi connectivity index (χ3v) is 4.21. The minimum Gasteiger partial charge on any atom is -0.272 e. The van der Waals surface area contributed by atoms with Gasteiger partial charge in [0.15, 0.2) is 0 Å². The standard InChI is InChI=1S/C20H17N7O2/c28-19(16-8-6-14(7-9-16)11-27-13-21-12-22-27)25-26-20(29)18-10-17(23-24-18)15-4-2-1-3-5-15/h1-10,12-13H,11H2,(H,23,24)(H,25,28)(H,26,29). The van der Waals surface area contributed by atoms with E-state index >= 15 is 0 Å². The lowest BCUT2D eigenvalue weighted by molar-refractivity contribution is 0.0844. The second-order valence-corrected chi connectivity index (χ2v) is 6.23. The highest BCUT2D eigenvalue weighted by molar-refractivity contribution is 5.98. The molecule has 0 saturated carbocycles. The highest BCUT2D eigenvalue weighted by atomic mass is 16.2. The Morgan fingerprint density at radius 2 is 1.72 bits per heavy atom. The maximum absolute atomic E-state index is 12.3. The maximum atomic E-state index is 12.3. The number of carbonyl (C=O) groups is 2. The van der Waals surface area contributed by atoms with E-state index in [2.05, 4.69) is 31.1 Å². The lowest BCUT2D eigenvalue weighted by Gasteiger charge is -2.07. The van der Waals surface area contributed by atoms with Crippen molar-refractivity contribution < 1.29 is 9.59 Å². The van der Waals surface area contributed by atoms with Crippen molar-refractivity contribution in [3.8, 4) is 11.3 Å². The number of benzene rings is 2. The first-order valence-electron chi connectivity index (χ1n) is 8.82. The average Bonchev–Trinajstić information content (AvgIpc) is 3.45. The van der Waals surface area contributed by atoms with Crippen LogP contribution >= 0.6 is 0 Å². The molecule has 29 heavy (non-hydrogen) atoms. The number of nitrogens with zero attached hydrogens (tertiary/aromatic N) is 4. The molecule has 144 valence electrons. The largest absolute Gasteiger partial charge is 0.287 e. The summed E-state index contributed by atoms with van der Waals surface area (Å²) in [5.74, 6) is -0.913. The molecule has 0 aliphatic carbocycles. The average molecular weight is 387 g/mol. The zero-order valence-corrected chi connectivity index (χ0v) is 15.2. The Balaban J connectivity index is 1.33. The van der Waals surface area contributed by atoms with Crippen LogP contribution in [0.3, 0.4) is 0 Å². The quantitative estimate of drug-likeness (QED) is 0.451. The number of aromatic nitrogens is 5. The molecule has 0 aliphatic rings. The Kier molecular flexibility index (Phi) is 5.10. The van der Waals surface area contributed by atoms with E-state index < -0.39 is 11.8 Å². The van der Waals surface area contributed by atoms with Crippen LogP contribution < -0.4 is 10.9 Å². The van der Waals surface area contributed by atoms with Crippen LogP contribution in [-0.2, 0) is 6.54 Å². The third-order valence-electron chi connectivity index (χ3n) is 4.21. The molecule has 0 aliphatic heterocycles. The fourth-order valence-corrected chi connectivity index (χ4v) is 2.71. The Morgan fingerprint density at radius 1 is 0.966 bits per heavy atom. The van der Waals surface area contributed by atoms with Crippen LogP contribution in [0, 0.1) is 0 Å². The first-order valence-corrected chi connectivity index (χ1v) is 8.82. The molecule has 0 unspecified atom stereocenters. The molecule has 0 spiro atoms. The smallest absolute Gasteiger partial charge is 0.272 e. The number of H-pyrrole nitrogens is 1. The van der Waals surface area contributed by atoms with Crippen molar-refractivity contribution in [3.63, 3.8) is 0 Å². The molecule has 4 aromatic rings. The molecule has 9 heteroatoms. The van der Waals surface area contributed by atoms with Gasteiger partial charge in [-0.1, -0.05) is 42.5 Å². The number of aromatic amines is 1. The van der Waals surface area contributed by atoms with Gasteiger partial charge in [-0.15, -0.1) is 0 Å². The molecule has 2 aromatic carbocycles. The number of hydrogen-bond donors (Lipinski definition) is 3. The Hall–Kier alpha value is -4.27. The van der Waals surface area contributed by atoms with Gasteiger partial charge in [0, 0.05) is 11.1 Å². The lowest BCUT2D eigenvalue weighted by Crippen LogP contribution is -2.41. The molecule has 4 rings (SSSR count). The zero-order valence-electron chi connectivity index (χ0n) is 15.2. The molecule has 3 N–H and O–H groups in total. The van der Waals surface area contributed by atoms with E-state index in [9.17, 15) is 9.59 Å². The monoisotopic (exact) mass is 387 g/mol. The highest BCUT2D eigenvalue weighted by Crippen LogP contribution is 2.16. The summed E-state index contributed by atoms with van der Waals surface area (Å²) in [5.41, 5.74) is 7.94. The van der Waals surface area contributed by atoms with E-state index in [1.54, 1.807) is 29.2 Å². The minimum atomic E-state index is -0.490. The van der Waals surface area contributed by atoms with E-state index in [0.717, 1.165) is 11.1 Å². The zero-order chi connectivity index (χ0) is 20.1. The van der Waals surface area contributed by atoms with Crippen LogP contribution in [0.2, 0.25) is 0 Å². The van der Waals surface area contributed by atoms with E-state index in [0.29, 0.717) is 17.8 Å². The molecule has 2 amide bonds. The Morgan fingerprint density at radius 3 is 2.45 bits per heavy atom. The predicted octanol–water partition coefficient (Wildman–Crippen LogP) is 1.79. The summed E-state index contributed by atoms with van der Waals surface area (Å²) in [6.45, 7) is 0.558. The second-order valence-electron chi connectivity index (χ2n) is 6.23. The fraction of sp³-hybridized carbons (Fsp3) is 0.0500. The number of amides is 2. The van der Waals surface area contributed by atoms with Gasteiger partial charge >= 0.3 is 0 Å². The SMILES string of the molecule is O=C(NNC(=O)c1cc(-c2ccccc2)n[nH]1)c1ccc(Cn2cncn2)cc1. The van der Waals surface area contributed by atoms with Crippen molar-refractivity contribution in [2.45, 2.75) is 6.54 Å². The second kappa shape index (κ2) is 8.17. The highest BCUT2D eigenvalue weighted by Gasteiger charge is 2.12. The van der Waals surface area contributed by atoms with E-state index in [4.69, 9.17) is 0 Å². The van der Waals surface area contributed by atoms with Crippen molar-refractivity contribution in [2.24, 2.45) is 0 Å². The molecule has 0 bridgehead atoms. The first-order chi connectivity index (χ1) is 14.2. The Labute approximate surface area is 165 Å². The summed E-state index contributed by atoms with van der Waals surface area (Å²) in [6, 6.07) is 18.1. The lowest BCUT2D eigenvalue weighted by atomic mass is 10.1. The predicted molar refractivity (Wildman–Crippen MR) is 105 cm³/mol. The molecule has 0 saturated heterocycles. The van der Waals surface area contributed by atoms with Crippen molar-refractivity contribution in [2.75, 3.05) is 0 Å². The van der Waals surface area contributed by atoms with Crippen molar-refractivity contribution >= 4 is 11.8 Å². The molecular formula is C20H17N7O2. The summed E-state index contributed by atoms with van der Waals surface area (Å²) in [6.07, 6.45) is 3.09. The number of carbonyl (C=O) groups excluding carboxylic acids is 2. The first kappa shape index (κ1) is 18.1. The minimum absolute atomic E-state index is 0.243. The van der Waals surface area contributed by atoms with Crippen LogP contribution in [0.4, 0.5) is 0 Å². The molecule has 2 aromatic heterocycles. The summed E-state index contributed by atoms with van der Waals surface area (Å²) in [7, 11) is 0. The maximum Gasteiger partial charge on any atom is 0.287 e. The topological polar surface area (TPSA) is 118 Å². The molecular weight excluding hydrogens is 370 g/mol. The van der Waals surface area contributed by atoms with Crippen LogP contribution in [0.5, 0.6) is 0 Å². The third kappa shape index (κ3) is 4.35. The van der Waals surface area contributed by atoms with E-state index in [-0.39, 0.29) is 5.69 Å². The van der Waals surface area contributed by atoms with Crippen LogP contribution in [0.25, 0.3) is 11.3 Å². The van der Waals surface area contributed by atoms with Crippen molar-refractivity contribution in [1.29, 1.82) is 0 Å². The van der Waals surface area contributed by atoms with Crippen molar-refractivity contribution in [3.05, 3.63) is 90.1 Å². The van der Waals surface area contributed by atoms with Gasteiger partial charge < -0.3 is 0 Å². The molecule has 0 atom stereocenters. The van der Waals surface area contributed by atoms with Crippen molar-refractivity contribution in [1.82, 2.24) is 35.8 Å². The Bertz CT molecular complexity index is 1100. The summed E-state index contributed by atoms with van der Waals surface area (Å²) in [4.78, 5) is 28.4. The van der Waals surface area contributed by atoms with Gasteiger partial charge in [-0.05, 0) is 23.8 Å². The van der Waals surface area contributed by atoms with Crippen LogP contribution in [-0.4, -0.2) is 36.8 Å². The number of nitrogens with one attached hydrogen (secondary N) is 3. The summed E-state index contributed by atoms with van der Waals surface area (Å²) < 4.78 is 1.68. The van der Waals surface area contributed by atoms with Gasteiger partial charge in [0.05, 0.1) is 12.2 Å². The molecule has 2 heterocycles. The number of hydrogen-bond acceptors (Lipinski definition) is 5. The number of rotatable bonds is 5.